The minimum Gasteiger partial charge on any atom is -0.455 e. The topological polar surface area (TPSA) is 40.8 Å². The molecule has 1 aliphatic carbocycles. The van der Waals surface area contributed by atoms with E-state index < -0.39 is 0 Å². The zero-order chi connectivity index (χ0) is 34.4. The second-order valence-electron chi connectivity index (χ2n) is 13.2. The normalized spacial score (nSPS) is 15.2. The van der Waals surface area contributed by atoms with Crippen molar-refractivity contribution in [2.45, 2.75) is 6.04 Å². The van der Waals surface area contributed by atoms with Crippen LogP contribution < -0.4 is 10.2 Å². The Bertz CT molecular complexity index is 2750. The summed E-state index contributed by atoms with van der Waals surface area (Å²) in [4.78, 5) is 7.61. The molecule has 246 valence electrons. The molecule has 1 aliphatic heterocycles. The summed E-state index contributed by atoms with van der Waals surface area (Å²) in [7, 11) is 0. The number of hydrogen-bond acceptors (Lipinski definition) is 4. The summed E-state index contributed by atoms with van der Waals surface area (Å²) in [5.41, 5.74) is 12.1. The first-order valence-electron chi connectivity index (χ1n) is 17.7. The third kappa shape index (κ3) is 5.12. The highest BCUT2D eigenvalue weighted by molar-refractivity contribution is 6.18. The molecule has 52 heavy (non-hydrogen) atoms. The first-order chi connectivity index (χ1) is 25.8. The van der Waals surface area contributed by atoms with Gasteiger partial charge in [-0.25, -0.2) is 4.99 Å². The first-order valence-corrected chi connectivity index (χ1v) is 17.7. The van der Waals surface area contributed by atoms with Crippen LogP contribution in [-0.2, 0) is 0 Å². The largest absolute Gasteiger partial charge is 0.455 e. The van der Waals surface area contributed by atoms with Crippen molar-refractivity contribution in [2.75, 3.05) is 4.90 Å². The fourth-order valence-electron chi connectivity index (χ4n) is 7.57. The fourth-order valence-corrected chi connectivity index (χ4v) is 7.57. The third-order valence-electron chi connectivity index (χ3n) is 10.1. The molecule has 7 aromatic carbocycles. The summed E-state index contributed by atoms with van der Waals surface area (Å²) in [5.74, 6) is 0. The van der Waals surface area contributed by atoms with Crippen molar-refractivity contribution in [1.29, 1.82) is 0 Å². The van der Waals surface area contributed by atoms with Gasteiger partial charge in [0.1, 0.15) is 11.2 Å². The summed E-state index contributed by atoms with van der Waals surface area (Å²) < 4.78 is 6.76. The molecule has 0 radical (unpaired) electrons. The van der Waals surface area contributed by atoms with Crippen molar-refractivity contribution in [2.24, 2.45) is 4.99 Å². The van der Waals surface area contributed by atoms with Gasteiger partial charge in [-0.3, -0.25) is 0 Å². The quantitative estimate of drug-likeness (QED) is 0.192. The van der Waals surface area contributed by atoms with Crippen LogP contribution in [0, 0.1) is 0 Å². The molecule has 8 aromatic rings. The molecule has 10 rings (SSSR count). The molecule has 4 heteroatoms. The van der Waals surface area contributed by atoms with E-state index >= 15 is 0 Å². The third-order valence-corrected chi connectivity index (χ3v) is 10.1. The molecule has 1 unspecified atom stereocenters. The fraction of sp³-hybridized carbons (Fsp3) is 0.0208. The van der Waals surface area contributed by atoms with Gasteiger partial charge in [0, 0.05) is 33.4 Å². The minimum absolute atomic E-state index is 0.0120. The van der Waals surface area contributed by atoms with Crippen LogP contribution in [0.5, 0.6) is 0 Å². The van der Waals surface area contributed by atoms with Gasteiger partial charge in [0.25, 0.3) is 0 Å². The molecule has 0 bridgehead atoms. The van der Waals surface area contributed by atoms with E-state index in [0.29, 0.717) is 0 Å². The number of rotatable bonds is 6. The van der Waals surface area contributed by atoms with Crippen molar-refractivity contribution in [3.8, 4) is 11.1 Å². The van der Waals surface area contributed by atoms with E-state index in [1.54, 1.807) is 0 Å². The summed E-state index contributed by atoms with van der Waals surface area (Å²) in [6.07, 6.45) is 8.36. The van der Waals surface area contributed by atoms with Crippen LogP contribution in [0.1, 0.15) is 11.1 Å². The lowest BCUT2D eigenvalue weighted by Gasteiger charge is -2.28. The van der Waals surface area contributed by atoms with Gasteiger partial charge in [-0.1, -0.05) is 133 Å². The SMILES string of the molecule is C1=CC2=NC(c3ccc(-c4ccc(N(c5ccccc5)c5ccc6ccccc6c5)cc4)c4c3oc3ccccc34)=C(c3ccccc3)NC2C=C1. The van der Waals surface area contributed by atoms with Gasteiger partial charge in [-0.15, -0.1) is 0 Å². The molecule has 1 N–H and O–H groups in total. The number of aliphatic imine (C=N–C) groups is 1. The lowest BCUT2D eigenvalue weighted by atomic mass is 9.93. The van der Waals surface area contributed by atoms with E-state index in [2.05, 4.69) is 180 Å². The van der Waals surface area contributed by atoms with Gasteiger partial charge in [-0.05, 0) is 82.1 Å². The molecule has 1 aromatic heterocycles. The van der Waals surface area contributed by atoms with Crippen molar-refractivity contribution in [3.05, 3.63) is 199 Å². The van der Waals surface area contributed by atoms with Gasteiger partial charge in [-0.2, -0.15) is 0 Å². The molecule has 2 aliphatic rings. The second kappa shape index (κ2) is 12.4. The maximum Gasteiger partial charge on any atom is 0.145 e. The van der Waals surface area contributed by atoms with Crippen LogP contribution in [0.15, 0.2) is 198 Å². The average Bonchev–Trinajstić information content (AvgIpc) is 3.61. The van der Waals surface area contributed by atoms with Gasteiger partial charge >= 0.3 is 0 Å². The molecule has 0 fully saturated rings. The zero-order valence-electron chi connectivity index (χ0n) is 28.3. The Morgan fingerprint density at radius 3 is 2.10 bits per heavy atom. The number of para-hydroxylation sites is 2. The van der Waals surface area contributed by atoms with Gasteiger partial charge in [0.05, 0.1) is 23.1 Å². The molecule has 0 amide bonds. The smallest absolute Gasteiger partial charge is 0.145 e. The van der Waals surface area contributed by atoms with Crippen molar-refractivity contribution in [3.63, 3.8) is 0 Å². The highest BCUT2D eigenvalue weighted by Crippen LogP contribution is 2.44. The molecule has 0 saturated heterocycles. The lowest BCUT2D eigenvalue weighted by Crippen LogP contribution is -2.37. The van der Waals surface area contributed by atoms with Crippen LogP contribution >= 0.6 is 0 Å². The maximum atomic E-state index is 6.76. The number of nitrogens with zero attached hydrogens (tertiary/aromatic N) is 2. The molecular weight excluding hydrogens is 635 g/mol. The molecule has 0 spiro atoms. The Morgan fingerprint density at radius 1 is 0.558 bits per heavy atom. The summed E-state index contributed by atoms with van der Waals surface area (Å²) in [6, 6.07) is 57.8. The number of anilines is 3. The average molecular weight is 668 g/mol. The summed E-state index contributed by atoms with van der Waals surface area (Å²) in [6.45, 7) is 0. The Hall–Kier alpha value is -6.91. The van der Waals surface area contributed by atoms with Crippen molar-refractivity contribution in [1.82, 2.24) is 5.32 Å². The van der Waals surface area contributed by atoms with E-state index in [9.17, 15) is 0 Å². The Labute approximate surface area is 302 Å². The van der Waals surface area contributed by atoms with E-state index in [0.717, 1.165) is 78.4 Å². The summed E-state index contributed by atoms with van der Waals surface area (Å²) >= 11 is 0. The van der Waals surface area contributed by atoms with Gasteiger partial charge < -0.3 is 14.6 Å². The van der Waals surface area contributed by atoms with E-state index in [-0.39, 0.29) is 6.04 Å². The van der Waals surface area contributed by atoms with E-state index in [1.165, 1.54) is 10.8 Å². The Kier molecular flexibility index (Phi) is 7.17. The van der Waals surface area contributed by atoms with Gasteiger partial charge in [0.2, 0.25) is 0 Å². The van der Waals surface area contributed by atoms with E-state index in [4.69, 9.17) is 9.41 Å². The molecule has 1 atom stereocenters. The zero-order valence-corrected chi connectivity index (χ0v) is 28.3. The maximum absolute atomic E-state index is 6.76. The first kappa shape index (κ1) is 30.0. The molecule has 2 heterocycles. The number of furan rings is 1. The number of allylic oxidation sites excluding steroid dienone is 2. The number of benzene rings is 7. The van der Waals surface area contributed by atoms with Crippen LogP contribution in [0.2, 0.25) is 0 Å². The molecular formula is C48H33N3O. The van der Waals surface area contributed by atoms with Crippen molar-refractivity contribution >= 4 is 66.9 Å². The van der Waals surface area contributed by atoms with Crippen LogP contribution in [0.3, 0.4) is 0 Å². The lowest BCUT2D eigenvalue weighted by molar-refractivity contribution is 0.667. The second-order valence-corrected chi connectivity index (χ2v) is 13.2. The highest BCUT2D eigenvalue weighted by Gasteiger charge is 2.27. The molecule has 4 nitrogen and oxygen atoms in total. The minimum atomic E-state index is 0.0120. The van der Waals surface area contributed by atoms with E-state index in [1.807, 2.05) is 18.2 Å². The highest BCUT2D eigenvalue weighted by atomic mass is 16.3. The Morgan fingerprint density at radius 2 is 1.25 bits per heavy atom. The van der Waals surface area contributed by atoms with Crippen LogP contribution in [-0.4, -0.2) is 11.8 Å². The Balaban J connectivity index is 1.13. The standard InChI is InChI=1S/C48H33N3O/c1-3-14-34(15-4-1)46-47(50-43-21-11-10-20-42(43)49-46)41-30-29-39(45-40-19-9-12-22-44(40)52-48(41)45)33-24-26-37(27-25-33)51(36-17-5-2-6-18-36)38-28-23-32-13-7-8-16-35(32)31-38/h1-31,42,49H. The predicted octanol–water partition coefficient (Wildman–Crippen LogP) is 12.2. The number of nitrogens with one attached hydrogen (secondary N) is 1. The van der Waals surface area contributed by atoms with Gasteiger partial charge in [0.15, 0.2) is 0 Å². The van der Waals surface area contributed by atoms with Crippen molar-refractivity contribution < 1.29 is 4.42 Å². The number of hydrogen-bond donors (Lipinski definition) is 1. The molecule has 0 saturated carbocycles. The van der Waals surface area contributed by atoms with Crippen LogP contribution in [0.4, 0.5) is 17.1 Å². The predicted molar refractivity (Wildman–Crippen MR) is 217 cm³/mol. The van der Waals surface area contributed by atoms with Crippen LogP contribution in [0.25, 0.3) is 55.2 Å². The number of fused-ring (bicyclic) bond motifs is 5. The monoisotopic (exact) mass is 667 g/mol. The summed E-state index contributed by atoms with van der Waals surface area (Å²) in [5, 5.41) is 8.38.